The van der Waals surface area contributed by atoms with Crippen molar-refractivity contribution in [1.29, 1.82) is 0 Å². The minimum Gasteiger partial charge on any atom is -0.357 e. The van der Waals surface area contributed by atoms with Gasteiger partial charge in [0.2, 0.25) is 0 Å². The lowest BCUT2D eigenvalue weighted by Crippen LogP contribution is -2.45. The monoisotopic (exact) mass is 319 g/mol. The lowest BCUT2D eigenvalue weighted by atomic mass is 9.87. The van der Waals surface area contributed by atoms with Gasteiger partial charge in [0.05, 0.1) is 0 Å². The summed E-state index contributed by atoms with van der Waals surface area (Å²) in [7, 11) is 0. The molecule has 0 spiro atoms. The zero-order valence-electron chi connectivity index (χ0n) is 15.0. The zero-order valence-corrected chi connectivity index (χ0v) is 15.0. The molecule has 1 aromatic rings. The Hall–Kier alpha value is -1.52. The van der Waals surface area contributed by atoms with E-state index < -0.39 is 0 Å². The maximum atomic E-state index is 4.74. The van der Waals surface area contributed by atoms with Crippen LogP contribution in [0.15, 0.2) is 17.4 Å². The Balaban J connectivity index is 1.71. The number of guanidine groups is 1. The van der Waals surface area contributed by atoms with Crippen molar-refractivity contribution in [2.45, 2.75) is 71.9 Å². The highest BCUT2D eigenvalue weighted by molar-refractivity contribution is 5.80. The van der Waals surface area contributed by atoms with Gasteiger partial charge in [0.1, 0.15) is 5.82 Å². The van der Waals surface area contributed by atoms with Gasteiger partial charge in [-0.05, 0) is 45.4 Å². The van der Waals surface area contributed by atoms with E-state index in [2.05, 4.69) is 47.2 Å². The number of aryl methyl sites for hydroxylation is 2. The average molecular weight is 319 g/mol. The highest BCUT2D eigenvalue weighted by atomic mass is 15.2. The van der Waals surface area contributed by atoms with Gasteiger partial charge in [0.15, 0.2) is 5.96 Å². The molecule has 1 aromatic heterocycles. The van der Waals surface area contributed by atoms with Crippen LogP contribution in [0.5, 0.6) is 0 Å². The lowest BCUT2D eigenvalue weighted by molar-refractivity contribution is 0.324. The molecule has 1 fully saturated rings. The fraction of sp³-hybridized carbons (Fsp3) is 0.778. The van der Waals surface area contributed by atoms with E-state index in [1.165, 1.54) is 25.7 Å². The van der Waals surface area contributed by atoms with E-state index in [1.807, 2.05) is 6.20 Å². The van der Waals surface area contributed by atoms with Crippen molar-refractivity contribution in [3.05, 3.63) is 18.2 Å². The molecule has 0 aromatic carbocycles. The number of imidazole rings is 1. The molecule has 23 heavy (non-hydrogen) atoms. The van der Waals surface area contributed by atoms with Crippen LogP contribution in [0.4, 0.5) is 0 Å². The number of nitrogens with zero attached hydrogens (tertiary/aromatic N) is 3. The van der Waals surface area contributed by atoms with Gasteiger partial charge < -0.3 is 15.2 Å². The third-order valence-corrected chi connectivity index (χ3v) is 4.62. The van der Waals surface area contributed by atoms with Gasteiger partial charge in [-0.3, -0.25) is 4.99 Å². The van der Waals surface area contributed by atoms with Crippen LogP contribution in [0.25, 0.3) is 0 Å². The second-order valence-electron chi connectivity index (χ2n) is 6.75. The summed E-state index contributed by atoms with van der Waals surface area (Å²) in [5.74, 6) is 2.92. The van der Waals surface area contributed by atoms with E-state index in [-0.39, 0.29) is 0 Å². The van der Waals surface area contributed by atoms with Crippen LogP contribution in [0.1, 0.15) is 58.2 Å². The molecule has 1 aliphatic rings. The minimum atomic E-state index is 0.588. The van der Waals surface area contributed by atoms with Crippen molar-refractivity contribution in [1.82, 2.24) is 20.2 Å². The SMILES string of the molecule is CCNC(=NCCCCn1ccnc1C)NC1CCCC(C)C1. The summed E-state index contributed by atoms with van der Waals surface area (Å²) in [4.78, 5) is 9.00. The molecule has 1 saturated carbocycles. The first-order valence-electron chi connectivity index (χ1n) is 9.21. The first-order valence-corrected chi connectivity index (χ1v) is 9.21. The normalized spacial score (nSPS) is 22.1. The molecule has 1 aliphatic carbocycles. The standard InChI is InChI=1S/C18H33N5/c1-4-19-18(22-17-9-7-8-15(2)14-17)21-10-5-6-12-23-13-11-20-16(23)3/h11,13,15,17H,4-10,12,14H2,1-3H3,(H2,19,21,22). The predicted octanol–water partition coefficient (Wildman–Crippen LogP) is 3.11. The van der Waals surface area contributed by atoms with Crippen LogP contribution >= 0.6 is 0 Å². The summed E-state index contributed by atoms with van der Waals surface area (Å²) < 4.78 is 2.20. The predicted molar refractivity (Wildman–Crippen MR) is 96.7 cm³/mol. The van der Waals surface area contributed by atoms with Crippen molar-refractivity contribution < 1.29 is 0 Å². The summed E-state index contributed by atoms with van der Waals surface area (Å²) in [5, 5.41) is 7.01. The van der Waals surface area contributed by atoms with Crippen molar-refractivity contribution in [3.63, 3.8) is 0 Å². The number of rotatable bonds is 7. The van der Waals surface area contributed by atoms with Crippen molar-refractivity contribution in [2.24, 2.45) is 10.9 Å². The zero-order chi connectivity index (χ0) is 16.5. The van der Waals surface area contributed by atoms with Crippen LogP contribution < -0.4 is 10.6 Å². The van der Waals surface area contributed by atoms with Gasteiger partial charge in [0, 0.05) is 38.1 Å². The van der Waals surface area contributed by atoms with Crippen molar-refractivity contribution in [3.8, 4) is 0 Å². The Morgan fingerprint density at radius 3 is 2.96 bits per heavy atom. The second-order valence-corrected chi connectivity index (χ2v) is 6.75. The van der Waals surface area contributed by atoms with Crippen LogP contribution in [-0.4, -0.2) is 34.6 Å². The molecular weight excluding hydrogens is 286 g/mol. The van der Waals surface area contributed by atoms with Gasteiger partial charge in [0.25, 0.3) is 0 Å². The third kappa shape index (κ3) is 6.24. The average Bonchev–Trinajstić information content (AvgIpc) is 2.92. The van der Waals surface area contributed by atoms with Crippen LogP contribution in [0, 0.1) is 12.8 Å². The number of nitrogens with one attached hydrogen (secondary N) is 2. The maximum Gasteiger partial charge on any atom is 0.191 e. The van der Waals surface area contributed by atoms with Crippen LogP contribution in [-0.2, 0) is 6.54 Å². The molecule has 0 radical (unpaired) electrons. The number of unbranched alkanes of at least 4 members (excludes halogenated alkanes) is 1. The smallest absolute Gasteiger partial charge is 0.191 e. The van der Waals surface area contributed by atoms with Crippen LogP contribution in [0.3, 0.4) is 0 Å². The molecule has 0 amide bonds. The number of hydrogen-bond acceptors (Lipinski definition) is 2. The lowest BCUT2D eigenvalue weighted by Gasteiger charge is -2.28. The second kappa shape index (κ2) is 9.58. The number of aromatic nitrogens is 2. The van der Waals surface area contributed by atoms with E-state index in [0.717, 1.165) is 50.2 Å². The van der Waals surface area contributed by atoms with Crippen LogP contribution in [0.2, 0.25) is 0 Å². The Bertz CT molecular complexity index is 480. The van der Waals surface area contributed by atoms with Crippen molar-refractivity contribution in [2.75, 3.05) is 13.1 Å². The Morgan fingerprint density at radius 1 is 1.39 bits per heavy atom. The van der Waals surface area contributed by atoms with Gasteiger partial charge in [-0.15, -0.1) is 0 Å². The van der Waals surface area contributed by atoms with Crippen molar-refractivity contribution >= 4 is 5.96 Å². The molecule has 0 saturated heterocycles. The molecule has 5 nitrogen and oxygen atoms in total. The Labute approximate surface area is 141 Å². The van der Waals surface area contributed by atoms with E-state index in [0.29, 0.717) is 6.04 Å². The Kier molecular flexibility index (Phi) is 7.43. The first kappa shape index (κ1) is 17.8. The van der Waals surface area contributed by atoms with Gasteiger partial charge in [-0.2, -0.15) is 0 Å². The van der Waals surface area contributed by atoms with Gasteiger partial charge >= 0.3 is 0 Å². The van der Waals surface area contributed by atoms with E-state index in [4.69, 9.17) is 4.99 Å². The molecular formula is C18H33N5. The topological polar surface area (TPSA) is 54.2 Å². The molecule has 5 heteroatoms. The number of hydrogen-bond donors (Lipinski definition) is 2. The maximum absolute atomic E-state index is 4.74. The largest absolute Gasteiger partial charge is 0.357 e. The molecule has 0 aliphatic heterocycles. The van der Waals surface area contributed by atoms with Gasteiger partial charge in [-0.25, -0.2) is 4.98 Å². The molecule has 2 rings (SSSR count). The summed E-state index contributed by atoms with van der Waals surface area (Å²) in [6.07, 6.45) is 11.4. The molecule has 2 atom stereocenters. The third-order valence-electron chi connectivity index (χ3n) is 4.62. The Morgan fingerprint density at radius 2 is 2.26 bits per heavy atom. The summed E-state index contributed by atoms with van der Waals surface area (Å²) in [5.41, 5.74) is 0. The number of aliphatic imine (C=N–C) groups is 1. The summed E-state index contributed by atoms with van der Waals surface area (Å²) in [6.45, 7) is 9.37. The molecule has 0 bridgehead atoms. The molecule has 130 valence electrons. The van der Waals surface area contributed by atoms with Gasteiger partial charge in [-0.1, -0.05) is 19.8 Å². The first-order chi connectivity index (χ1) is 11.2. The molecule has 2 N–H and O–H groups in total. The van der Waals surface area contributed by atoms with E-state index in [1.54, 1.807) is 0 Å². The summed E-state index contributed by atoms with van der Waals surface area (Å²) >= 11 is 0. The van der Waals surface area contributed by atoms with E-state index >= 15 is 0 Å². The summed E-state index contributed by atoms with van der Waals surface area (Å²) in [6, 6.07) is 0.588. The molecule has 1 heterocycles. The fourth-order valence-corrected chi connectivity index (χ4v) is 3.30. The highest BCUT2D eigenvalue weighted by Crippen LogP contribution is 2.23. The fourth-order valence-electron chi connectivity index (χ4n) is 3.30. The van der Waals surface area contributed by atoms with E-state index in [9.17, 15) is 0 Å². The highest BCUT2D eigenvalue weighted by Gasteiger charge is 2.19. The minimum absolute atomic E-state index is 0.588. The quantitative estimate of drug-likeness (QED) is 0.461. The molecule has 2 unspecified atom stereocenters.